The first-order valence-electron chi connectivity index (χ1n) is 9.62. The lowest BCUT2D eigenvalue weighted by Gasteiger charge is -2.28. The first-order chi connectivity index (χ1) is 13.7. The Kier molecular flexibility index (Phi) is 6.80. The van der Waals surface area contributed by atoms with E-state index in [0.717, 1.165) is 29.2 Å². The van der Waals surface area contributed by atoms with E-state index in [1.807, 2.05) is 25.1 Å². The van der Waals surface area contributed by atoms with Crippen LogP contribution < -0.4 is 11.1 Å². The van der Waals surface area contributed by atoms with Gasteiger partial charge in [-0.25, -0.2) is 8.78 Å². The van der Waals surface area contributed by atoms with E-state index in [1.54, 1.807) is 0 Å². The second-order valence-corrected chi connectivity index (χ2v) is 9.81. The summed E-state index contributed by atoms with van der Waals surface area (Å²) in [6.07, 6.45) is -0.0300. The monoisotopic (exact) mass is 425 g/mol. The SMILES string of the molecule is CCc1ccc2c(c1)[C@@H](NC[C@@H](O)[C@@H](N)Cc1cc(F)cc(F)c1)C[S+](=O)(O)C2. The van der Waals surface area contributed by atoms with E-state index in [2.05, 4.69) is 5.32 Å². The van der Waals surface area contributed by atoms with Crippen molar-refractivity contribution in [1.82, 2.24) is 5.32 Å². The summed E-state index contributed by atoms with van der Waals surface area (Å²) in [5.74, 6) is -1.20. The van der Waals surface area contributed by atoms with Crippen LogP contribution in [-0.2, 0) is 33.0 Å². The van der Waals surface area contributed by atoms with Crippen LogP contribution in [0.25, 0.3) is 0 Å². The molecule has 158 valence electrons. The molecule has 29 heavy (non-hydrogen) atoms. The minimum Gasteiger partial charge on any atom is -0.390 e. The molecule has 0 amide bonds. The maximum Gasteiger partial charge on any atom is 0.220 e. The second kappa shape index (κ2) is 8.97. The summed E-state index contributed by atoms with van der Waals surface area (Å²) in [6, 6.07) is 7.91. The van der Waals surface area contributed by atoms with Gasteiger partial charge in [0.05, 0.1) is 12.1 Å². The number of hydrogen-bond donors (Lipinski definition) is 4. The molecule has 0 spiro atoms. The molecule has 4 atom stereocenters. The summed E-state index contributed by atoms with van der Waals surface area (Å²) < 4.78 is 49.2. The van der Waals surface area contributed by atoms with Gasteiger partial charge in [-0.1, -0.05) is 29.3 Å². The summed E-state index contributed by atoms with van der Waals surface area (Å²) in [6.45, 7) is 2.13. The largest absolute Gasteiger partial charge is 0.390 e. The van der Waals surface area contributed by atoms with E-state index in [9.17, 15) is 22.6 Å². The molecule has 0 saturated heterocycles. The van der Waals surface area contributed by atoms with Crippen molar-refractivity contribution in [3.8, 4) is 0 Å². The minimum atomic E-state index is -3.00. The van der Waals surface area contributed by atoms with Crippen LogP contribution in [0.5, 0.6) is 0 Å². The van der Waals surface area contributed by atoms with Gasteiger partial charge in [0.25, 0.3) is 0 Å². The molecular formula is C21H27F2N2O3S+. The number of aryl methyl sites for hydroxylation is 1. The molecule has 0 aromatic heterocycles. The standard InChI is InChI=1S/C21H26F2N2O3S/c1-2-13-3-4-15-11-29(27,28)12-20(18(15)7-13)25-10-21(26)19(24)8-14-5-16(22)9-17(23)6-14/h3-7,9,19-21,25-26H,2,8,10-12,24H2,1H3/p+1/t19-,20-,21+/m0/s1. The number of aliphatic hydroxyl groups is 1. The predicted octanol–water partition coefficient (Wildman–Crippen LogP) is 2.57. The van der Waals surface area contributed by atoms with Crippen molar-refractivity contribution in [2.45, 2.75) is 43.7 Å². The van der Waals surface area contributed by atoms with Gasteiger partial charge < -0.3 is 16.2 Å². The van der Waals surface area contributed by atoms with Gasteiger partial charge in [0.1, 0.15) is 11.6 Å². The summed E-state index contributed by atoms with van der Waals surface area (Å²) in [7, 11) is -3.00. The topological polar surface area (TPSA) is 95.6 Å². The average molecular weight is 426 g/mol. The van der Waals surface area contributed by atoms with E-state index in [0.29, 0.717) is 5.56 Å². The third-order valence-corrected chi connectivity index (χ3v) is 6.88. The van der Waals surface area contributed by atoms with Crippen LogP contribution in [0.2, 0.25) is 0 Å². The highest BCUT2D eigenvalue weighted by atomic mass is 32.3. The smallest absolute Gasteiger partial charge is 0.220 e. The molecular weight excluding hydrogens is 398 g/mol. The molecule has 1 heterocycles. The molecule has 0 bridgehead atoms. The summed E-state index contributed by atoms with van der Waals surface area (Å²) in [5.41, 5.74) is 9.30. The number of fused-ring (bicyclic) bond motifs is 1. The molecule has 2 aromatic rings. The molecule has 0 radical (unpaired) electrons. The number of hydrogen-bond acceptors (Lipinski definition) is 4. The number of benzene rings is 2. The van der Waals surface area contributed by atoms with Crippen LogP contribution in [0.15, 0.2) is 36.4 Å². The van der Waals surface area contributed by atoms with Crippen LogP contribution >= 0.6 is 0 Å². The van der Waals surface area contributed by atoms with E-state index in [-0.39, 0.29) is 30.5 Å². The number of rotatable bonds is 7. The molecule has 0 saturated carbocycles. The molecule has 8 heteroatoms. The molecule has 1 aliphatic heterocycles. The van der Waals surface area contributed by atoms with Crippen molar-refractivity contribution >= 4 is 10.2 Å². The van der Waals surface area contributed by atoms with Crippen LogP contribution in [0.4, 0.5) is 8.78 Å². The number of halogens is 2. The van der Waals surface area contributed by atoms with Gasteiger partial charge in [-0.15, -0.1) is 0 Å². The van der Waals surface area contributed by atoms with Crippen molar-refractivity contribution in [2.24, 2.45) is 5.73 Å². The first kappa shape index (κ1) is 22.0. The Morgan fingerprint density at radius 1 is 1.21 bits per heavy atom. The van der Waals surface area contributed by atoms with Crippen LogP contribution in [0.1, 0.15) is 35.2 Å². The van der Waals surface area contributed by atoms with Crippen molar-refractivity contribution in [3.05, 3.63) is 70.3 Å². The molecule has 3 rings (SSSR count). The van der Waals surface area contributed by atoms with Gasteiger partial charge in [-0.3, -0.25) is 0 Å². The summed E-state index contributed by atoms with van der Waals surface area (Å²) >= 11 is 0. The Morgan fingerprint density at radius 2 is 1.90 bits per heavy atom. The highest BCUT2D eigenvalue weighted by Gasteiger charge is 2.38. The fraction of sp³-hybridized carbons (Fsp3) is 0.429. The predicted molar refractivity (Wildman–Crippen MR) is 110 cm³/mol. The van der Waals surface area contributed by atoms with Gasteiger partial charge >= 0.3 is 0 Å². The molecule has 0 aliphatic carbocycles. The van der Waals surface area contributed by atoms with Gasteiger partial charge in [0.2, 0.25) is 10.2 Å². The summed E-state index contributed by atoms with van der Waals surface area (Å²) in [5, 5.41) is 13.6. The van der Waals surface area contributed by atoms with Gasteiger partial charge in [-0.2, -0.15) is 4.55 Å². The Labute approximate surface area is 170 Å². The van der Waals surface area contributed by atoms with Crippen LogP contribution in [0, 0.1) is 11.6 Å². The van der Waals surface area contributed by atoms with Crippen LogP contribution in [-0.4, -0.2) is 34.1 Å². The molecule has 0 fully saturated rings. The maximum absolute atomic E-state index is 13.3. The average Bonchev–Trinajstić information content (AvgIpc) is 2.63. The van der Waals surface area contributed by atoms with Gasteiger partial charge in [-0.05, 0) is 41.7 Å². The van der Waals surface area contributed by atoms with E-state index in [4.69, 9.17) is 5.73 Å². The zero-order valence-corrected chi connectivity index (χ0v) is 17.1. The third-order valence-electron chi connectivity index (χ3n) is 5.26. The van der Waals surface area contributed by atoms with Crippen LogP contribution in [0.3, 0.4) is 0 Å². The fourth-order valence-electron chi connectivity index (χ4n) is 3.69. The quantitative estimate of drug-likeness (QED) is 0.512. The lowest BCUT2D eigenvalue weighted by atomic mass is 9.97. The number of nitrogens with two attached hydrogens (primary N) is 1. The third kappa shape index (κ3) is 5.67. The lowest BCUT2D eigenvalue weighted by Crippen LogP contribution is -2.46. The molecule has 1 unspecified atom stereocenters. The number of nitrogens with one attached hydrogen (secondary N) is 1. The highest BCUT2D eigenvalue weighted by molar-refractivity contribution is 7.97. The second-order valence-electron chi connectivity index (χ2n) is 7.64. The first-order valence-corrected chi connectivity index (χ1v) is 11.5. The van der Waals surface area contributed by atoms with Gasteiger partial charge in [0.15, 0.2) is 11.5 Å². The Hall–Kier alpha value is -1.71. The fourth-order valence-corrected chi connectivity index (χ4v) is 5.38. The molecule has 5 N–H and O–H groups in total. The Balaban J connectivity index is 1.67. The highest BCUT2D eigenvalue weighted by Crippen LogP contribution is 2.31. The van der Waals surface area contributed by atoms with Crippen molar-refractivity contribution in [3.63, 3.8) is 0 Å². The Bertz CT molecular complexity index is 905. The Morgan fingerprint density at radius 3 is 2.55 bits per heavy atom. The van der Waals surface area contributed by atoms with Crippen molar-refractivity contribution in [2.75, 3.05) is 12.3 Å². The molecule has 2 aromatic carbocycles. The molecule has 1 aliphatic rings. The zero-order valence-electron chi connectivity index (χ0n) is 16.3. The minimum absolute atomic E-state index is 0.0598. The van der Waals surface area contributed by atoms with E-state index >= 15 is 0 Å². The lowest BCUT2D eigenvalue weighted by molar-refractivity contribution is 0.138. The van der Waals surface area contributed by atoms with Gasteiger partial charge in [0, 0.05) is 24.2 Å². The zero-order chi connectivity index (χ0) is 21.2. The van der Waals surface area contributed by atoms with E-state index in [1.165, 1.54) is 12.1 Å². The number of aliphatic hydroxyl groups excluding tert-OH is 1. The van der Waals surface area contributed by atoms with E-state index < -0.39 is 34.0 Å². The van der Waals surface area contributed by atoms with Crippen molar-refractivity contribution < 1.29 is 22.6 Å². The summed E-state index contributed by atoms with van der Waals surface area (Å²) in [4.78, 5) is 0. The molecule has 5 nitrogen and oxygen atoms in total. The van der Waals surface area contributed by atoms with Crippen molar-refractivity contribution in [1.29, 1.82) is 0 Å². The normalized spacial score (nSPS) is 23.4. The maximum atomic E-state index is 13.3.